The molecule has 0 aromatic heterocycles. The maximum absolute atomic E-state index is 10.5. The number of hydrogen-bond acceptors (Lipinski definition) is 1. The van der Waals surface area contributed by atoms with Crippen LogP contribution in [-0.4, -0.2) is 23.3 Å². The van der Waals surface area contributed by atoms with E-state index in [1.54, 1.807) is 0 Å². The van der Waals surface area contributed by atoms with Crippen LogP contribution in [0.15, 0.2) is 30.3 Å². The summed E-state index contributed by atoms with van der Waals surface area (Å²) in [6.07, 6.45) is 1.98. The van der Waals surface area contributed by atoms with E-state index in [0.717, 1.165) is 12.8 Å². The molecule has 1 N–H and O–H groups in total. The normalized spacial score (nSPS) is 13.6. The molecule has 0 bridgehead atoms. The monoisotopic (exact) mass is 296 g/mol. The van der Waals surface area contributed by atoms with Crippen molar-refractivity contribution in [3.63, 3.8) is 0 Å². The second-order valence-corrected chi connectivity index (χ2v) is 16.5. The summed E-state index contributed by atoms with van der Waals surface area (Å²) in [5, 5.41) is 14.3. The summed E-state index contributed by atoms with van der Waals surface area (Å²) in [7, 11) is 0. The van der Waals surface area contributed by atoms with Crippen LogP contribution in [0.3, 0.4) is 0 Å². The van der Waals surface area contributed by atoms with Crippen LogP contribution < -0.4 is 0 Å². The molecule has 0 spiro atoms. The van der Waals surface area contributed by atoms with Crippen LogP contribution in [0, 0.1) is 0 Å². The average molecular weight is 295 g/mol. The second kappa shape index (κ2) is 7.22. The molecular formula is C15H26GeO. The summed E-state index contributed by atoms with van der Waals surface area (Å²) < 4.78 is 0. The number of hydrogen-bond donors (Lipinski definition) is 1. The number of aliphatic hydroxyl groups excluding tert-OH is 1. The van der Waals surface area contributed by atoms with Crippen LogP contribution in [0.4, 0.5) is 0 Å². The van der Waals surface area contributed by atoms with E-state index >= 15 is 0 Å². The molecule has 0 aliphatic carbocycles. The molecule has 1 rings (SSSR count). The van der Waals surface area contributed by atoms with Crippen molar-refractivity contribution in [3.05, 3.63) is 35.9 Å². The Kier molecular flexibility index (Phi) is 6.28. The van der Waals surface area contributed by atoms with Crippen molar-refractivity contribution in [2.45, 2.75) is 54.3 Å². The van der Waals surface area contributed by atoms with Crippen LogP contribution >= 0.6 is 0 Å². The van der Waals surface area contributed by atoms with Crippen LogP contribution in [0.2, 0.25) is 15.8 Å². The molecule has 1 unspecified atom stereocenters. The fourth-order valence-corrected chi connectivity index (χ4v) is 10.4. The van der Waals surface area contributed by atoms with Crippen LogP contribution in [0.25, 0.3) is 0 Å². The molecule has 1 aromatic rings. The van der Waals surface area contributed by atoms with Crippen molar-refractivity contribution in [3.8, 4) is 0 Å². The summed E-state index contributed by atoms with van der Waals surface area (Å²) in [5.74, 6) is 0. The van der Waals surface area contributed by atoms with E-state index < -0.39 is 13.3 Å². The van der Waals surface area contributed by atoms with E-state index in [4.69, 9.17) is 0 Å². The van der Waals surface area contributed by atoms with Crippen LogP contribution in [0.5, 0.6) is 0 Å². The van der Waals surface area contributed by atoms with E-state index in [-0.39, 0.29) is 4.94 Å². The van der Waals surface area contributed by atoms with Gasteiger partial charge in [0.2, 0.25) is 0 Å². The van der Waals surface area contributed by atoms with E-state index in [1.165, 1.54) is 21.3 Å². The third-order valence-electron chi connectivity index (χ3n) is 4.37. The van der Waals surface area contributed by atoms with Gasteiger partial charge in [-0.2, -0.15) is 0 Å². The standard InChI is InChI=1S/C15H26GeO/c1-4-16(5-2,6-3)15(17)13-12-14-10-8-7-9-11-14/h7-11,15,17H,4-6,12-13H2,1-3H3. The molecule has 1 aromatic carbocycles. The Labute approximate surface area is 109 Å². The molecule has 1 nitrogen and oxygen atoms in total. The number of aliphatic hydroxyl groups is 1. The summed E-state index contributed by atoms with van der Waals surface area (Å²) >= 11 is -1.96. The summed E-state index contributed by atoms with van der Waals surface area (Å²) in [6.45, 7) is 6.83. The Morgan fingerprint density at radius 3 is 2.00 bits per heavy atom. The van der Waals surface area contributed by atoms with Gasteiger partial charge in [0.1, 0.15) is 0 Å². The van der Waals surface area contributed by atoms with Crippen molar-refractivity contribution >= 4 is 13.3 Å². The number of benzene rings is 1. The first-order valence-electron chi connectivity index (χ1n) is 6.90. The molecule has 0 aliphatic rings. The van der Waals surface area contributed by atoms with Gasteiger partial charge in [0, 0.05) is 0 Å². The van der Waals surface area contributed by atoms with Crippen molar-refractivity contribution in [2.24, 2.45) is 0 Å². The van der Waals surface area contributed by atoms with Crippen molar-refractivity contribution in [1.82, 2.24) is 0 Å². The third kappa shape index (κ3) is 3.85. The van der Waals surface area contributed by atoms with Gasteiger partial charge in [0.25, 0.3) is 0 Å². The maximum atomic E-state index is 10.5. The fraction of sp³-hybridized carbons (Fsp3) is 0.600. The first kappa shape index (κ1) is 14.8. The van der Waals surface area contributed by atoms with Crippen molar-refractivity contribution in [2.75, 3.05) is 0 Å². The van der Waals surface area contributed by atoms with Gasteiger partial charge in [0.05, 0.1) is 0 Å². The molecule has 0 radical (unpaired) electrons. The molecule has 0 fully saturated rings. The van der Waals surface area contributed by atoms with Gasteiger partial charge in [-0.15, -0.1) is 0 Å². The van der Waals surface area contributed by atoms with Gasteiger partial charge < -0.3 is 0 Å². The number of aryl methyl sites for hydroxylation is 1. The SMILES string of the molecule is C[CH2][Ge]([CH2]C)([CH2]C)[CH](O)CCc1ccccc1. The summed E-state index contributed by atoms with van der Waals surface area (Å²) in [5.41, 5.74) is 1.35. The van der Waals surface area contributed by atoms with E-state index in [1.807, 2.05) is 6.07 Å². The van der Waals surface area contributed by atoms with Gasteiger partial charge in [-0.25, -0.2) is 0 Å². The average Bonchev–Trinajstić information content (AvgIpc) is 2.40. The Morgan fingerprint density at radius 1 is 1.00 bits per heavy atom. The third-order valence-corrected chi connectivity index (χ3v) is 16.8. The molecule has 96 valence electrons. The molecule has 0 heterocycles. The fourth-order valence-electron chi connectivity index (χ4n) is 2.71. The first-order chi connectivity index (χ1) is 8.18. The second-order valence-electron chi connectivity index (χ2n) is 4.96. The molecular weight excluding hydrogens is 269 g/mol. The van der Waals surface area contributed by atoms with E-state index in [2.05, 4.69) is 45.0 Å². The van der Waals surface area contributed by atoms with Crippen LogP contribution in [-0.2, 0) is 6.42 Å². The van der Waals surface area contributed by atoms with Gasteiger partial charge in [0.15, 0.2) is 0 Å². The molecule has 0 amide bonds. The molecule has 1 atom stereocenters. The van der Waals surface area contributed by atoms with Crippen molar-refractivity contribution < 1.29 is 5.11 Å². The Hall–Kier alpha value is -0.277. The molecule has 17 heavy (non-hydrogen) atoms. The molecule has 0 saturated heterocycles. The topological polar surface area (TPSA) is 20.2 Å². The summed E-state index contributed by atoms with van der Waals surface area (Å²) in [4.78, 5) is 0.00945. The predicted molar refractivity (Wildman–Crippen MR) is 78.0 cm³/mol. The summed E-state index contributed by atoms with van der Waals surface area (Å²) in [6, 6.07) is 10.5. The Bertz CT molecular complexity index is 298. The zero-order valence-electron chi connectivity index (χ0n) is 11.4. The molecule has 2 heteroatoms. The Morgan fingerprint density at radius 2 is 1.53 bits per heavy atom. The predicted octanol–water partition coefficient (Wildman–Crippen LogP) is 4.03. The van der Waals surface area contributed by atoms with Gasteiger partial charge in [-0.3, -0.25) is 0 Å². The minimum atomic E-state index is -1.96. The first-order valence-corrected chi connectivity index (χ1v) is 12.6. The van der Waals surface area contributed by atoms with Gasteiger partial charge >= 0.3 is 109 Å². The van der Waals surface area contributed by atoms with Gasteiger partial charge in [-0.05, 0) is 0 Å². The number of rotatable bonds is 7. The molecule has 0 aliphatic heterocycles. The van der Waals surface area contributed by atoms with Crippen molar-refractivity contribution in [1.29, 1.82) is 0 Å². The molecule has 0 saturated carbocycles. The van der Waals surface area contributed by atoms with E-state index in [9.17, 15) is 5.11 Å². The van der Waals surface area contributed by atoms with Crippen LogP contribution in [0.1, 0.15) is 32.8 Å². The zero-order chi connectivity index (χ0) is 12.7. The zero-order valence-corrected chi connectivity index (χ0v) is 13.5. The van der Waals surface area contributed by atoms with Gasteiger partial charge in [-0.1, -0.05) is 0 Å². The van der Waals surface area contributed by atoms with E-state index in [0.29, 0.717) is 0 Å². The minimum absolute atomic E-state index is 0.00945. The Balaban J connectivity index is 2.56. The quantitative estimate of drug-likeness (QED) is 0.753.